The number of nitrogens with one attached hydrogen (secondary N) is 1. The summed E-state index contributed by atoms with van der Waals surface area (Å²) in [5.41, 5.74) is 7.51. The molecule has 0 atom stereocenters. The summed E-state index contributed by atoms with van der Waals surface area (Å²) in [6.45, 7) is 5.66. The van der Waals surface area contributed by atoms with Gasteiger partial charge in [0.2, 0.25) is 5.91 Å². The molecule has 0 fully saturated rings. The van der Waals surface area contributed by atoms with Gasteiger partial charge in [0.25, 0.3) is 0 Å². The minimum atomic E-state index is -0.647. The quantitative estimate of drug-likeness (QED) is 0.841. The molecule has 0 aliphatic rings. The molecule has 5 heteroatoms. The minimum Gasteiger partial charge on any atom is -0.399 e. The molecule has 2 rings (SSSR count). The van der Waals surface area contributed by atoms with Crippen molar-refractivity contribution in [3.05, 3.63) is 41.6 Å². The van der Waals surface area contributed by atoms with E-state index in [1.54, 1.807) is 23.9 Å². The van der Waals surface area contributed by atoms with Gasteiger partial charge in [-0.3, -0.25) is 9.48 Å². The van der Waals surface area contributed by atoms with Crippen LogP contribution < -0.4 is 11.1 Å². The van der Waals surface area contributed by atoms with Gasteiger partial charge in [0.05, 0.1) is 11.1 Å². The van der Waals surface area contributed by atoms with Gasteiger partial charge in [-0.05, 0) is 38.5 Å². The van der Waals surface area contributed by atoms with Gasteiger partial charge in [0, 0.05) is 18.8 Å². The van der Waals surface area contributed by atoms with Gasteiger partial charge in [0.15, 0.2) is 0 Å². The number of nitrogen functional groups attached to an aromatic ring is 1. The average Bonchev–Trinajstić information content (AvgIpc) is 2.68. The van der Waals surface area contributed by atoms with Crippen LogP contribution in [-0.2, 0) is 17.3 Å². The van der Waals surface area contributed by atoms with Crippen molar-refractivity contribution in [2.75, 3.05) is 11.1 Å². The first-order valence-electron chi connectivity index (χ1n) is 6.49. The van der Waals surface area contributed by atoms with E-state index in [-0.39, 0.29) is 5.91 Å². The summed E-state index contributed by atoms with van der Waals surface area (Å²) in [7, 11) is 1.80. The number of nitrogens with two attached hydrogens (primary N) is 1. The van der Waals surface area contributed by atoms with E-state index in [0.29, 0.717) is 11.5 Å². The van der Waals surface area contributed by atoms with Crippen LogP contribution in [0.1, 0.15) is 25.1 Å². The summed E-state index contributed by atoms with van der Waals surface area (Å²) < 4.78 is 1.66. The van der Waals surface area contributed by atoms with Crippen molar-refractivity contribution in [2.24, 2.45) is 7.05 Å². The number of aromatic nitrogens is 2. The number of hydrogen-bond donors (Lipinski definition) is 2. The second-order valence-electron chi connectivity index (χ2n) is 5.50. The van der Waals surface area contributed by atoms with Crippen LogP contribution in [0.3, 0.4) is 0 Å². The molecule has 20 heavy (non-hydrogen) atoms. The summed E-state index contributed by atoms with van der Waals surface area (Å²) in [5, 5.41) is 7.13. The highest BCUT2D eigenvalue weighted by Gasteiger charge is 2.30. The molecule has 106 valence electrons. The lowest BCUT2D eigenvalue weighted by molar-refractivity contribution is -0.120. The number of hydrogen-bond acceptors (Lipinski definition) is 3. The van der Waals surface area contributed by atoms with Crippen LogP contribution in [0.2, 0.25) is 0 Å². The molecular formula is C15H20N4O. The molecular weight excluding hydrogens is 252 g/mol. The number of rotatable bonds is 3. The third-order valence-corrected chi connectivity index (χ3v) is 3.44. The molecule has 0 radical (unpaired) electrons. The van der Waals surface area contributed by atoms with Crippen molar-refractivity contribution >= 4 is 17.4 Å². The molecule has 0 spiro atoms. The predicted octanol–water partition coefficient (Wildman–Crippen LogP) is 2.23. The topological polar surface area (TPSA) is 72.9 Å². The molecule has 1 aromatic heterocycles. The summed E-state index contributed by atoms with van der Waals surface area (Å²) in [6.07, 6.45) is 0. The van der Waals surface area contributed by atoms with Crippen LogP contribution >= 0.6 is 0 Å². The Bertz CT molecular complexity index is 626. The zero-order valence-corrected chi connectivity index (χ0v) is 12.3. The SMILES string of the molecule is Cc1cc(NC(=O)C(C)(C)c2ccc(N)cc2)n(C)n1. The number of anilines is 2. The lowest BCUT2D eigenvalue weighted by atomic mass is 9.83. The number of nitrogens with zero attached hydrogens (tertiary/aromatic N) is 2. The van der Waals surface area contributed by atoms with Crippen molar-refractivity contribution in [1.82, 2.24) is 9.78 Å². The van der Waals surface area contributed by atoms with Gasteiger partial charge in [0.1, 0.15) is 5.82 Å². The summed E-state index contributed by atoms with van der Waals surface area (Å²) >= 11 is 0. The fraction of sp³-hybridized carbons (Fsp3) is 0.333. The van der Waals surface area contributed by atoms with Crippen LogP contribution in [-0.4, -0.2) is 15.7 Å². The van der Waals surface area contributed by atoms with E-state index >= 15 is 0 Å². The molecule has 0 aliphatic carbocycles. The first-order valence-corrected chi connectivity index (χ1v) is 6.49. The Kier molecular flexibility index (Phi) is 3.53. The Morgan fingerprint density at radius 2 is 1.90 bits per heavy atom. The Labute approximate surface area is 118 Å². The zero-order valence-electron chi connectivity index (χ0n) is 12.3. The van der Waals surface area contributed by atoms with E-state index in [1.165, 1.54) is 0 Å². The van der Waals surface area contributed by atoms with Crippen molar-refractivity contribution in [2.45, 2.75) is 26.2 Å². The van der Waals surface area contributed by atoms with Gasteiger partial charge in [-0.2, -0.15) is 5.10 Å². The second kappa shape index (κ2) is 5.00. The van der Waals surface area contributed by atoms with Crippen molar-refractivity contribution in [3.63, 3.8) is 0 Å². The Morgan fingerprint density at radius 1 is 1.30 bits per heavy atom. The number of amides is 1. The van der Waals surface area contributed by atoms with Crippen LogP contribution in [0.5, 0.6) is 0 Å². The molecule has 1 aromatic carbocycles. The molecule has 5 nitrogen and oxygen atoms in total. The summed E-state index contributed by atoms with van der Waals surface area (Å²) in [4.78, 5) is 12.5. The van der Waals surface area contributed by atoms with Gasteiger partial charge >= 0.3 is 0 Å². The molecule has 3 N–H and O–H groups in total. The molecule has 0 saturated heterocycles. The number of aryl methyl sites for hydroxylation is 2. The zero-order chi connectivity index (χ0) is 14.9. The van der Waals surface area contributed by atoms with Crippen LogP contribution in [0.4, 0.5) is 11.5 Å². The molecule has 1 amide bonds. The molecule has 1 heterocycles. The molecule has 0 bridgehead atoms. The fourth-order valence-corrected chi connectivity index (χ4v) is 2.03. The number of carbonyl (C=O) groups excluding carboxylic acids is 1. The lowest BCUT2D eigenvalue weighted by Crippen LogP contribution is -2.35. The third-order valence-electron chi connectivity index (χ3n) is 3.44. The monoisotopic (exact) mass is 272 g/mol. The first-order chi connectivity index (χ1) is 9.30. The number of benzene rings is 1. The van der Waals surface area contributed by atoms with Gasteiger partial charge in [-0.25, -0.2) is 0 Å². The highest BCUT2D eigenvalue weighted by Crippen LogP contribution is 2.26. The minimum absolute atomic E-state index is 0.0785. The van der Waals surface area contributed by atoms with E-state index < -0.39 is 5.41 Å². The van der Waals surface area contributed by atoms with Crippen LogP contribution in [0, 0.1) is 6.92 Å². The standard InChI is InChI=1S/C15H20N4O/c1-10-9-13(19(4)18-10)17-14(20)15(2,3)11-5-7-12(16)8-6-11/h5-9H,16H2,1-4H3,(H,17,20). The predicted molar refractivity (Wildman–Crippen MR) is 80.5 cm³/mol. The Hall–Kier alpha value is -2.30. The van der Waals surface area contributed by atoms with Crippen LogP contribution in [0.25, 0.3) is 0 Å². The van der Waals surface area contributed by atoms with E-state index in [2.05, 4.69) is 10.4 Å². The van der Waals surface area contributed by atoms with Crippen molar-refractivity contribution < 1.29 is 4.79 Å². The first kappa shape index (κ1) is 14.1. The highest BCUT2D eigenvalue weighted by molar-refractivity contribution is 5.98. The average molecular weight is 272 g/mol. The molecule has 0 aliphatic heterocycles. The van der Waals surface area contributed by atoms with E-state index in [4.69, 9.17) is 5.73 Å². The fourth-order valence-electron chi connectivity index (χ4n) is 2.03. The Morgan fingerprint density at radius 3 is 2.40 bits per heavy atom. The third kappa shape index (κ3) is 2.66. The van der Waals surface area contributed by atoms with Gasteiger partial charge in [-0.15, -0.1) is 0 Å². The Balaban J connectivity index is 2.23. The number of carbonyl (C=O) groups is 1. The van der Waals surface area contributed by atoms with E-state index in [1.807, 2.05) is 39.0 Å². The molecule has 0 unspecified atom stereocenters. The normalized spacial score (nSPS) is 11.4. The second-order valence-corrected chi connectivity index (χ2v) is 5.50. The maximum Gasteiger partial charge on any atom is 0.235 e. The van der Waals surface area contributed by atoms with Gasteiger partial charge in [-0.1, -0.05) is 12.1 Å². The van der Waals surface area contributed by atoms with Crippen molar-refractivity contribution in [3.8, 4) is 0 Å². The maximum absolute atomic E-state index is 12.5. The largest absolute Gasteiger partial charge is 0.399 e. The lowest BCUT2D eigenvalue weighted by Gasteiger charge is -2.24. The van der Waals surface area contributed by atoms with E-state index in [0.717, 1.165) is 11.3 Å². The van der Waals surface area contributed by atoms with Gasteiger partial charge < -0.3 is 11.1 Å². The van der Waals surface area contributed by atoms with Crippen molar-refractivity contribution in [1.29, 1.82) is 0 Å². The summed E-state index contributed by atoms with van der Waals surface area (Å²) in [5.74, 6) is 0.612. The maximum atomic E-state index is 12.5. The smallest absolute Gasteiger partial charge is 0.235 e. The summed E-state index contributed by atoms with van der Waals surface area (Å²) in [6, 6.07) is 9.21. The highest BCUT2D eigenvalue weighted by atomic mass is 16.2. The molecule has 2 aromatic rings. The molecule has 0 saturated carbocycles. The van der Waals surface area contributed by atoms with E-state index in [9.17, 15) is 4.79 Å². The van der Waals surface area contributed by atoms with Crippen LogP contribution in [0.15, 0.2) is 30.3 Å².